The summed E-state index contributed by atoms with van der Waals surface area (Å²) in [5.74, 6) is -0.152. The Morgan fingerprint density at radius 3 is 2.70 bits per heavy atom. The number of halogens is 2. The predicted molar refractivity (Wildman–Crippen MR) is 94.9 cm³/mol. The van der Waals surface area contributed by atoms with Crippen molar-refractivity contribution in [2.75, 3.05) is 20.1 Å². The van der Waals surface area contributed by atoms with E-state index in [1.807, 2.05) is 24.1 Å². The molecule has 1 unspecified atom stereocenters. The minimum absolute atomic E-state index is 0. The summed E-state index contributed by atoms with van der Waals surface area (Å²) < 4.78 is 13.0. The van der Waals surface area contributed by atoms with Crippen molar-refractivity contribution in [1.82, 2.24) is 10.2 Å². The van der Waals surface area contributed by atoms with Crippen LogP contribution in [-0.2, 0) is 0 Å². The summed E-state index contributed by atoms with van der Waals surface area (Å²) in [6.45, 7) is 1.58. The summed E-state index contributed by atoms with van der Waals surface area (Å²) >= 11 is 1.47. The van der Waals surface area contributed by atoms with Gasteiger partial charge < -0.3 is 10.2 Å². The average Bonchev–Trinajstić information content (AvgIpc) is 3.05. The van der Waals surface area contributed by atoms with E-state index >= 15 is 0 Å². The molecule has 1 aliphatic heterocycles. The van der Waals surface area contributed by atoms with Crippen molar-refractivity contribution in [3.63, 3.8) is 0 Å². The molecule has 0 saturated carbocycles. The summed E-state index contributed by atoms with van der Waals surface area (Å²) in [7, 11) is 1.94. The fourth-order valence-electron chi connectivity index (χ4n) is 2.78. The first-order valence-corrected chi connectivity index (χ1v) is 8.31. The second-order valence-electron chi connectivity index (χ2n) is 5.55. The zero-order valence-corrected chi connectivity index (χ0v) is 14.6. The van der Waals surface area contributed by atoms with Crippen LogP contribution in [0.25, 0.3) is 10.4 Å². The van der Waals surface area contributed by atoms with Crippen LogP contribution in [0.1, 0.15) is 22.5 Å². The lowest BCUT2D eigenvalue weighted by Gasteiger charge is -2.32. The molecule has 2 heterocycles. The molecule has 6 heteroatoms. The van der Waals surface area contributed by atoms with Crippen molar-refractivity contribution >= 4 is 29.7 Å². The number of hydrogen-bond acceptors (Lipinski definition) is 3. The number of hydrogen-bond donors (Lipinski definition) is 1. The number of nitrogens with one attached hydrogen (secondary N) is 1. The maximum absolute atomic E-state index is 13.0. The number of amides is 1. The molecule has 1 saturated heterocycles. The van der Waals surface area contributed by atoms with Crippen LogP contribution in [-0.4, -0.2) is 37.0 Å². The Kier molecular flexibility index (Phi) is 6.16. The highest BCUT2D eigenvalue weighted by molar-refractivity contribution is 7.17. The maximum Gasteiger partial charge on any atom is 0.263 e. The molecule has 0 radical (unpaired) electrons. The molecule has 0 aliphatic carbocycles. The van der Waals surface area contributed by atoms with Gasteiger partial charge in [0.05, 0.1) is 4.88 Å². The highest BCUT2D eigenvalue weighted by Gasteiger charge is 2.24. The third-order valence-corrected chi connectivity index (χ3v) is 5.18. The number of likely N-dealkylation sites (tertiary alicyclic amines) is 1. The van der Waals surface area contributed by atoms with E-state index < -0.39 is 0 Å². The normalized spacial score (nSPS) is 17.7. The average molecular weight is 355 g/mol. The van der Waals surface area contributed by atoms with Crippen molar-refractivity contribution in [2.45, 2.75) is 18.9 Å². The maximum atomic E-state index is 13.0. The number of thiophene rings is 1. The zero-order chi connectivity index (χ0) is 15.5. The van der Waals surface area contributed by atoms with E-state index in [0.29, 0.717) is 6.04 Å². The molecule has 1 atom stereocenters. The number of likely N-dealkylation sites (N-methyl/N-ethyl adjacent to an activating group) is 1. The minimum atomic E-state index is -0.247. The van der Waals surface area contributed by atoms with Gasteiger partial charge in [0.2, 0.25) is 0 Å². The van der Waals surface area contributed by atoms with Crippen LogP contribution in [0.2, 0.25) is 0 Å². The lowest BCUT2D eigenvalue weighted by atomic mass is 10.1. The van der Waals surface area contributed by atoms with Gasteiger partial charge in [-0.2, -0.15) is 0 Å². The first-order chi connectivity index (χ1) is 10.7. The van der Waals surface area contributed by atoms with Gasteiger partial charge in [-0.25, -0.2) is 4.39 Å². The topological polar surface area (TPSA) is 32.3 Å². The lowest BCUT2D eigenvalue weighted by molar-refractivity contribution is 0.0703. The van der Waals surface area contributed by atoms with E-state index in [-0.39, 0.29) is 24.1 Å². The smallest absolute Gasteiger partial charge is 0.263 e. The fraction of sp³-hybridized carbons (Fsp3) is 0.353. The number of carbonyl (C=O) groups is 1. The quantitative estimate of drug-likeness (QED) is 0.909. The van der Waals surface area contributed by atoms with Gasteiger partial charge in [-0.3, -0.25) is 4.79 Å². The molecular formula is C17H20ClFN2OS. The van der Waals surface area contributed by atoms with E-state index in [1.54, 1.807) is 12.1 Å². The van der Waals surface area contributed by atoms with Crippen LogP contribution in [0.3, 0.4) is 0 Å². The second-order valence-corrected chi connectivity index (χ2v) is 6.63. The molecule has 1 aliphatic rings. The molecule has 1 aromatic carbocycles. The molecule has 1 amide bonds. The molecule has 2 aromatic rings. The molecular weight excluding hydrogens is 335 g/mol. The first-order valence-electron chi connectivity index (χ1n) is 7.49. The Bertz CT molecular complexity index is 659. The van der Waals surface area contributed by atoms with Crippen molar-refractivity contribution in [2.24, 2.45) is 0 Å². The molecule has 1 fully saturated rings. The number of nitrogens with zero attached hydrogens (tertiary/aromatic N) is 1. The molecule has 0 spiro atoms. The van der Waals surface area contributed by atoms with E-state index in [0.717, 1.165) is 41.2 Å². The highest BCUT2D eigenvalue weighted by Crippen LogP contribution is 2.29. The van der Waals surface area contributed by atoms with Gasteiger partial charge in [0, 0.05) is 24.0 Å². The van der Waals surface area contributed by atoms with Crippen LogP contribution in [0.4, 0.5) is 4.39 Å². The van der Waals surface area contributed by atoms with Gasteiger partial charge in [0.1, 0.15) is 5.82 Å². The molecule has 124 valence electrons. The van der Waals surface area contributed by atoms with Crippen molar-refractivity contribution in [3.8, 4) is 10.4 Å². The molecule has 3 nitrogen and oxygen atoms in total. The SMILES string of the molecule is CNC1CCCN(C(=O)c2ccc(-c3ccc(F)cc3)s2)C1.Cl. The van der Waals surface area contributed by atoms with Gasteiger partial charge in [-0.1, -0.05) is 12.1 Å². The number of piperidine rings is 1. The van der Waals surface area contributed by atoms with Crippen LogP contribution in [0.15, 0.2) is 36.4 Å². The minimum Gasteiger partial charge on any atom is -0.336 e. The lowest BCUT2D eigenvalue weighted by Crippen LogP contribution is -2.46. The number of carbonyl (C=O) groups excluding carboxylic acids is 1. The number of rotatable bonds is 3. The van der Waals surface area contributed by atoms with Gasteiger partial charge in [-0.05, 0) is 49.7 Å². The summed E-state index contributed by atoms with van der Waals surface area (Å²) in [6.07, 6.45) is 2.15. The van der Waals surface area contributed by atoms with Gasteiger partial charge in [-0.15, -0.1) is 23.7 Å². The number of benzene rings is 1. The third kappa shape index (κ3) is 4.10. The highest BCUT2D eigenvalue weighted by atomic mass is 35.5. The summed E-state index contributed by atoms with van der Waals surface area (Å²) in [5, 5.41) is 3.25. The van der Waals surface area contributed by atoms with Crippen LogP contribution < -0.4 is 5.32 Å². The van der Waals surface area contributed by atoms with Crippen LogP contribution in [0, 0.1) is 5.82 Å². The van der Waals surface area contributed by atoms with E-state index in [2.05, 4.69) is 5.32 Å². The largest absolute Gasteiger partial charge is 0.336 e. The van der Waals surface area contributed by atoms with Gasteiger partial charge in [0.25, 0.3) is 5.91 Å². The van der Waals surface area contributed by atoms with E-state index in [1.165, 1.54) is 23.5 Å². The summed E-state index contributed by atoms with van der Waals surface area (Å²) in [5.41, 5.74) is 0.942. The monoisotopic (exact) mass is 354 g/mol. The Morgan fingerprint density at radius 2 is 2.00 bits per heavy atom. The third-order valence-electron chi connectivity index (χ3n) is 4.06. The summed E-state index contributed by atoms with van der Waals surface area (Å²) in [4.78, 5) is 16.3. The van der Waals surface area contributed by atoms with E-state index in [4.69, 9.17) is 0 Å². The second kappa shape index (κ2) is 7.90. The molecule has 3 rings (SSSR count). The standard InChI is InChI=1S/C17H19FN2OS.ClH/c1-19-14-3-2-10-20(11-14)17(21)16-9-8-15(22-16)12-4-6-13(18)7-5-12;/h4-9,14,19H,2-3,10-11H2,1H3;1H. The Hall–Kier alpha value is -1.43. The van der Waals surface area contributed by atoms with Crippen molar-refractivity contribution in [3.05, 3.63) is 47.1 Å². The zero-order valence-electron chi connectivity index (χ0n) is 12.9. The Labute approximate surface area is 145 Å². The first kappa shape index (κ1) is 17.9. The Morgan fingerprint density at radius 1 is 1.26 bits per heavy atom. The molecule has 1 N–H and O–H groups in total. The molecule has 0 bridgehead atoms. The predicted octanol–water partition coefficient (Wildman–Crippen LogP) is 3.80. The molecule has 1 aromatic heterocycles. The molecule has 23 heavy (non-hydrogen) atoms. The van der Waals surface area contributed by atoms with Gasteiger partial charge >= 0.3 is 0 Å². The van der Waals surface area contributed by atoms with Crippen molar-refractivity contribution in [1.29, 1.82) is 0 Å². The Balaban J connectivity index is 0.00000192. The van der Waals surface area contributed by atoms with E-state index in [9.17, 15) is 9.18 Å². The summed E-state index contributed by atoms with van der Waals surface area (Å²) in [6, 6.07) is 10.6. The van der Waals surface area contributed by atoms with Crippen molar-refractivity contribution < 1.29 is 9.18 Å². The van der Waals surface area contributed by atoms with Gasteiger partial charge in [0.15, 0.2) is 0 Å². The van der Waals surface area contributed by atoms with Crippen LogP contribution in [0.5, 0.6) is 0 Å². The fourth-order valence-corrected chi connectivity index (χ4v) is 3.75. The van der Waals surface area contributed by atoms with Crippen LogP contribution >= 0.6 is 23.7 Å².